The number of carbonyl (C=O) groups is 2. The molecule has 0 aliphatic heterocycles. The topological polar surface area (TPSA) is 73.9 Å². The summed E-state index contributed by atoms with van der Waals surface area (Å²) in [6, 6.07) is 4.63. The fraction of sp³-hybridized carbons (Fsp3) is 0.529. The quantitative estimate of drug-likeness (QED) is 0.814. The number of hydrogen-bond acceptors (Lipinski definition) is 5. The molecule has 23 heavy (non-hydrogen) atoms. The number of hydrogen-bond donors (Lipinski definition) is 1. The third kappa shape index (κ3) is 6.18. The van der Waals surface area contributed by atoms with E-state index in [1.54, 1.807) is 45.9 Å². The fourth-order valence-corrected chi connectivity index (χ4v) is 1.97. The van der Waals surface area contributed by atoms with Crippen LogP contribution in [0.25, 0.3) is 0 Å². The van der Waals surface area contributed by atoms with E-state index in [9.17, 15) is 9.59 Å². The molecule has 0 aromatic heterocycles. The molecule has 0 saturated carbocycles. The maximum atomic E-state index is 12.3. The van der Waals surface area contributed by atoms with Crippen molar-refractivity contribution in [2.75, 3.05) is 14.2 Å². The van der Waals surface area contributed by atoms with Gasteiger partial charge in [-0.3, -0.25) is 4.79 Å². The second kappa shape index (κ2) is 7.85. The molecule has 6 heteroatoms. The molecule has 128 valence electrons. The van der Waals surface area contributed by atoms with Crippen LogP contribution in [-0.4, -0.2) is 37.7 Å². The Hall–Kier alpha value is -2.24. The van der Waals surface area contributed by atoms with Crippen LogP contribution < -0.4 is 14.8 Å². The van der Waals surface area contributed by atoms with Gasteiger partial charge in [0.05, 0.1) is 14.2 Å². The molecule has 1 aromatic rings. The number of rotatable bonds is 6. The highest BCUT2D eigenvalue weighted by Gasteiger charge is 2.20. The Kier molecular flexibility index (Phi) is 6.42. The van der Waals surface area contributed by atoms with Crippen molar-refractivity contribution < 1.29 is 23.8 Å². The molecule has 1 N–H and O–H groups in total. The number of methoxy groups -OCH3 is 2. The first-order chi connectivity index (χ1) is 10.7. The second-order valence-corrected chi connectivity index (χ2v) is 6.24. The summed E-state index contributed by atoms with van der Waals surface area (Å²) in [5.74, 6) is 0.949. The lowest BCUT2D eigenvalue weighted by Crippen LogP contribution is -2.38. The van der Waals surface area contributed by atoms with Gasteiger partial charge in [-0.25, -0.2) is 4.79 Å². The van der Waals surface area contributed by atoms with Crippen LogP contribution in [0.2, 0.25) is 0 Å². The molecule has 0 aliphatic rings. The smallest absolute Gasteiger partial charge is 0.407 e. The number of benzene rings is 1. The lowest BCUT2D eigenvalue weighted by molar-refractivity contribution is 0.0506. The van der Waals surface area contributed by atoms with E-state index in [0.29, 0.717) is 17.1 Å². The molecule has 0 heterocycles. The van der Waals surface area contributed by atoms with Crippen molar-refractivity contribution in [2.45, 2.75) is 45.8 Å². The van der Waals surface area contributed by atoms with Crippen molar-refractivity contribution in [3.05, 3.63) is 23.8 Å². The summed E-state index contributed by atoms with van der Waals surface area (Å²) in [7, 11) is 3.05. The Labute approximate surface area is 137 Å². The van der Waals surface area contributed by atoms with Gasteiger partial charge in [-0.05, 0) is 45.9 Å². The third-order valence-corrected chi connectivity index (χ3v) is 2.96. The minimum atomic E-state index is -0.572. The number of Topliss-reactive ketones (excluding diaryl/α,β-unsaturated/α-hetero) is 1. The molecule has 0 fully saturated rings. The predicted molar refractivity (Wildman–Crippen MR) is 87.3 cm³/mol. The molecule has 0 saturated heterocycles. The van der Waals surface area contributed by atoms with Gasteiger partial charge in [0, 0.05) is 18.0 Å². The number of carbonyl (C=O) groups excluding carboxylic acids is 2. The molecular formula is C17H25NO5. The summed E-state index contributed by atoms with van der Waals surface area (Å²) < 4.78 is 15.5. The zero-order valence-electron chi connectivity index (χ0n) is 14.6. The van der Waals surface area contributed by atoms with Crippen LogP contribution in [0.15, 0.2) is 18.2 Å². The molecule has 1 rings (SSSR count). The van der Waals surface area contributed by atoms with Gasteiger partial charge in [0.15, 0.2) is 17.3 Å². The minimum absolute atomic E-state index is 0.102. The first-order valence-electron chi connectivity index (χ1n) is 7.41. The molecule has 0 aliphatic carbocycles. The lowest BCUT2D eigenvalue weighted by Gasteiger charge is -2.21. The fourth-order valence-electron chi connectivity index (χ4n) is 1.97. The Morgan fingerprint density at radius 3 is 2.26 bits per heavy atom. The van der Waals surface area contributed by atoms with Crippen LogP contribution in [0, 0.1) is 0 Å². The van der Waals surface area contributed by atoms with Gasteiger partial charge in [0.1, 0.15) is 5.60 Å². The van der Waals surface area contributed by atoms with Crippen molar-refractivity contribution in [1.82, 2.24) is 5.32 Å². The number of alkyl carbamates (subject to hydrolysis) is 1. The molecule has 1 aromatic carbocycles. The van der Waals surface area contributed by atoms with Gasteiger partial charge in [-0.1, -0.05) is 0 Å². The van der Waals surface area contributed by atoms with Crippen LogP contribution in [0.4, 0.5) is 4.79 Å². The second-order valence-electron chi connectivity index (χ2n) is 6.24. The molecule has 0 radical (unpaired) electrons. The standard InChI is InChI=1S/C17H25NO5/c1-11(18-16(20)23-17(2,3)4)9-13(19)12-7-8-14(21-5)15(10-12)22-6/h7-8,10-11H,9H2,1-6H3,(H,18,20). The van der Waals surface area contributed by atoms with Gasteiger partial charge in [-0.15, -0.1) is 0 Å². The van der Waals surface area contributed by atoms with E-state index in [1.165, 1.54) is 14.2 Å². The molecular weight excluding hydrogens is 298 g/mol. The molecule has 6 nitrogen and oxygen atoms in total. The van der Waals surface area contributed by atoms with Crippen LogP contribution in [0.1, 0.15) is 44.5 Å². The minimum Gasteiger partial charge on any atom is -0.493 e. The molecule has 1 atom stereocenters. The van der Waals surface area contributed by atoms with Crippen LogP contribution in [-0.2, 0) is 4.74 Å². The maximum Gasteiger partial charge on any atom is 0.407 e. The van der Waals surface area contributed by atoms with E-state index in [0.717, 1.165) is 0 Å². The van der Waals surface area contributed by atoms with Gasteiger partial charge < -0.3 is 19.5 Å². The summed E-state index contributed by atoms with van der Waals surface area (Å²) >= 11 is 0. The highest BCUT2D eigenvalue weighted by Crippen LogP contribution is 2.28. The summed E-state index contributed by atoms with van der Waals surface area (Å²) in [4.78, 5) is 24.0. The van der Waals surface area contributed by atoms with E-state index in [2.05, 4.69) is 5.32 Å². The first kappa shape index (κ1) is 18.8. The molecule has 0 spiro atoms. The van der Waals surface area contributed by atoms with E-state index in [4.69, 9.17) is 14.2 Å². The van der Waals surface area contributed by atoms with Crippen LogP contribution >= 0.6 is 0 Å². The zero-order valence-corrected chi connectivity index (χ0v) is 14.6. The molecule has 1 amide bonds. The maximum absolute atomic E-state index is 12.3. The SMILES string of the molecule is COc1ccc(C(=O)CC(C)NC(=O)OC(C)(C)C)cc1OC. The van der Waals surface area contributed by atoms with Crippen molar-refractivity contribution in [2.24, 2.45) is 0 Å². The number of nitrogens with one attached hydrogen (secondary N) is 1. The number of ketones is 1. The van der Waals surface area contributed by atoms with Gasteiger partial charge >= 0.3 is 6.09 Å². The monoisotopic (exact) mass is 323 g/mol. The Morgan fingerprint density at radius 2 is 1.74 bits per heavy atom. The number of ether oxygens (including phenoxy) is 3. The van der Waals surface area contributed by atoms with Crippen LogP contribution in [0.5, 0.6) is 11.5 Å². The summed E-state index contributed by atoms with van der Waals surface area (Å²) in [6.45, 7) is 7.10. The van der Waals surface area contributed by atoms with E-state index >= 15 is 0 Å². The third-order valence-electron chi connectivity index (χ3n) is 2.96. The molecule has 1 unspecified atom stereocenters. The summed E-state index contributed by atoms with van der Waals surface area (Å²) in [6.07, 6.45) is -0.375. The van der Waals surface area contributed by atoms with E-state index < -0.39 is 11.7 Å². The highest BCUT2D eigenvalue weighted by atomic mass is 16.6. The largest absolute Gasteiger partial charge is 0.493 e. The average Bonchev–Trinajstić information content (AvgIpc) is 2.43. The highest BCUT2D eigenvalue weighted by molar-refractivity contribution is 5.97. The van der Waals surface area contributed by atoms with Crippen molar-refractivity contribution >= 4 is 11.9 Å². The van der Waals surface area contributed by atoms with E-state index in [1.807, 2.05) is 0 Å². The predicted octanol–water partition coefficient (Wildman–Crippen LogP) is 3.19. The summed E-state index contributed by atoms with van der Waals surface area (Å²) in [5.41, 5.74) is -0.0718. The first-order valence-corrected chi connectivity index (χ1v) is 7.41. The van der Waals surface area contributed by atoms with Gasteiger partial charge in [0.2, 0.25) is 0 Å². The van der Waals surface area contributed by atoms with Gasteiger partial charge in [-0.2, -0.15) is 0 Å². The van der Waals surface area contributed by atoms with Crippen LogP contribution in [0.3, 0.4) is 0 Å². The Bertz CT molecular complexity index is 563. The van der Waals surface area contributed by atoms with Crippen molar-refractivity contribution in [1.29, 1.82) is 0 Å². The van der Waals surface area contributed by atoms with E-state index in [-0.39, 0.29) is 18.2 Å². The Morgan fingerprint density at radius 1 is 1.13 bits per heavy atom. The molecule has 0 bridgehead atoms. The van der Waals surface area contributed by atoms with Crippen molar-refractivity contribution in [3.63, 3.8) is 0 Å². The number of amides is 1. The normalized spacial score (nSPS) is 12.3. The van der Waals surface area contributed by atoms with Gasteiger partial charge in [0.25, 0.3) is 0 Å². The average molecular weight is 323 g/mol. The lowest BCUT2D eigenvalue weighted by atomic mass is 10.0. The zero-order chi connectivity index (χ0) is 17.6. The Balaban J connectivity index is 2.67. The van der Waals surface area contributed by atoms with Crippen molar-refractivity contribution in [3.8, 4) is 11.5 Å². The summed E-state index contributed by atoms with van der Waals surface area (Å²) in [5, 5.41) is 2.65.